The van der Waals surface area contributed by atoms with E-state index in [1.54, 1.807) is 0 Å². The van der Waals surface area contributed by atoms with Crippen molar-refractivity contribution < 1.29 is 0 Å². The van der Waals surface area contributed by atoms with Crippen LogP contribution in [0.1, 0.15) is 32.6 Å². The maximum atomic E-state index is 5.34. The third-order valence-electron chi connectivity index (χ3n) is 1.15. The highest BCUT2D eigenvalue weighted by atomic mass is 35.5. The van der Waals surface area contributed by atoms with Gasteiger partial charge >= 0.3 is 0 Å². The normalized spacial score (nSPS) is 7.45. The summed E-state index contributed by atoms with van der Waals surface area (Å²) in [6, 6.07) is 0. The number of unbranched alkanes of at least 4 members (excludes halogenated alkanes) is 2. The summed E-state index contributed by atoms with van der Waals surface area (Å²) >= 11 is 5.34. The van der Waals surface area contributed by atoms with E-state index in [0.29, 0.717) is 12.3 Å². The molecule has 0 aliphatic rings. The van der Waals surface area contributed by atoms with Gasteiger partial charge in [0.2, 0.25) is 0 Å². The zero-order valence-electron chi connectivity index (χ0n) is 6.91. The number of hydrogen-bond donors (Lipinski definition) is 0. The van der Waals surface area contributed by atoms with Crippen LogP contribution in [0.4, 0.5) is 0 Å². The minimum absolute atomic E-state index is 0.413. The highest BCUT2D eigenvalue weighted by Gasteiger charge is 1.74. The van der Waals surface area contributed by atoms with Crippen molar-refractivity contribution in [2.75, 3.05) is 5.88 Å². The molecule has 0 spiro atoms. The second-order valence-corrected chi connectivity index (χ2v) is 2.39. The van der Waals surface area contributed by atoms with Gasteiger partial charge in [0.05, 0.1) is 12.3 Å². The first-order chi connectivity index (χ1) is 5.41. The molecule has 0 aromatic carbocycles. The standard InChI is InChI=1S/C10H13Cl/c1-2-3-4-5-6-7-8-9-10-11/h2-4,7,10H2,1H3. The highest BCUT2D eigenvalue weighted by Crippen LogP contribution is 1.90. The lowest BCUT2D eigenvalue weighted by Crippen LogP contribution is -1.67. The fourth-order valence-corrected chi connectivity index (χ4v) is 0.664. The maximum absolute atomic E-state index is 5.34. The third-order valence-corrected chi connectivity index (χ3v) is 1.28. The molecule has 60 valence electrons. The molecule has 0 radical (unpaired) electrons. The summed E-state index contributed by atoms with van der Waals surface area (Å²) in [6.45, 7) is 2.16. The van der Waals surface area contributed by atoms with Gasteiger partial charge in [0.1, 0.15) is 0 Å². The molecule has 0 amide bonds. The molecular formula is C10H13Cl. The van der Waals surface area contributed by atoms with Crippen molar-refractivity contribution in [1.29, 1.82) is 0 Å². The van der Waals surface area contributed by atoms with Gasteiger partial charge < -0.3 is 0 Å². The number of halogens is 1. The van der Waals surface area contributed by atoms with Crippen LogP contribution in [0.2, 0.25) is 0 Å². The predicted molar refractivity (Wildman–Crippen MR) is 50.4 cm³/mol. The summed E-state index contributed by atoms with van der Waals surface area (Å²) < 4.78 is 0. The van der Waals surface area contributed by atoms with Gasteiger partial charge in [-0.3, -0.25) is 0 Å². The van der Waals surface area contributed by atoms with Crippen molar-refractivity contribution in [1.82, 2.24) is 0 Å². The van der Waals surface area contributed by atoms with Crippen LogP contribution in [0.3, 0.4) is 0 Å². The zero-order chi connectivity index (χ0) is 8.36. The van der Waals surface area contributed by atoms with Gasteiger partial charge in [-0.15, -0.1) is 17.5 Å². The second kappa shape index (κ2) is 9.41. The fourth-order valence-electron chi connectivity index (χ4n) is 0.570. The second-order valence-electron chi connectivity index (χ2n) is 2.12. The van der Waals surface area contributed by atoms with Crippen molar-refractivity contribution in [3.05, 3.63) is 0 Å². The molecule has 0 aliphatic heterocycles. The first-order valence-electron chi connectivity index (χ1n) is 3.89. The van der Waals surface area contributed by atoms with E-state index in [2.05, 4.69) is 30.6 Å². The monoisotopic (exact) mass is 168 g/mol. The Hall–Kier alpha value is -0.590. The van der Waals surface area contributed by atoms with Crippen molar-refractivity contribution in [3.63, 3.8) is 0 Å². The summed E-state index contributed by atoms with van der Waals surface area (Å²) in [5, 5.41) is 0. The first kappa shape index (κ1) is 10.4. The lowest BCUT2D eigenvalue weighted by molar-refractivity contribution is 0.828. The van der Waals surface area contributed by atoms with E-state index >= 15 is 0 Å². The third kappa shape index (κ3) is 9.41. The van der Waals surface area contributed by atoms with Crippen LogP contribution in [-0.2, 0) is 0 Å². The van der Waals surface area contributed by atoms with E-state index in [4.69, 9.17) is 11.6 Å². The number of hydrogen-bond acceptors (Lipinski definition) is 0. The summed E-state index contributed by atoms with van der Waals surface area (Å²) in [5.41, 5.74) is 0. The van der Waals surface area contributed by atoms with Gasteiger partial charge in [-0.1, -0.05) is 31.1 Å². The van der Waals surface area contributed by atoms with Gasteiger partial charge in [-0.2, -0.15) is 0 Å². The van der Waals surface area contributed by atoms with E-state index in [1.807, 2.05) is 0 Å². The van der Waals surface area contributed by atoms with E-state index in [0.717, 1.165) is 6.42 Å². The van der Waals surface area contributed by atoms with Crippen LogP contribution in [0.25, 0.3) is 0 Å². The molecular weight excluding hydrogens is 156 g/mol. The minimum Gasteiger partial charge on any atom is -0.113 e. The zero-order valence-corrected chi connectivity index (χ0v) is 7.67. The van der Waals surface area contributed by atoms with Crippen molar-refractivity contribution in [2.45, 2.75) is 32.6 Å². The number of rotatable bonds is 2. The fraction of sp³-hybridized carbons (Fsp3) is 0.600. The van der Waals surface area contributed by atoms with Gasteiger partial charge in [0.15, 0.2) is 0 Å². The summed E-state index contributed by atoms with van der Waals surface area (Å²) in [6.07, 6.45) is 4.06. The van der Waals surface area contributed by atoms with Gasteiger partial charge in [-0.25, -0.2) is 0 Å². The van der Waals surface area contributed by atoms with E-state index < -0.39 is 0 Å². The topological polar surface area (TPSA) is 0 Å². The minimum atomic E-state index is 0.413. The van der Waals surface area contributed by atoms with Gasteiger partial charge in [0, 0.05) is 6.42 Å². The van der Waals surface area contributed by atoms with E-state index in [9.17, 15) is 0 Å². The van der Waals surface area contributed by atoms with Crippen LogP contribution in [-0.4, -0.2) is 5.88 Å². The molecule has 0 fully saturated rings. The van der Waals surface area contributed by atoms with Crippen LogP contribution in [0, 0.1) is 23.7 Å². The van der Waals surface area contributed by atoms with Crippen LogP contribution < -0.4 is 0 Å². The summed E-state index contributed by atoms with van der Waals surface area (Å²) in [5.74, 6) is 12.0. The molecule has 0 saturated carbocycles. The smallest absolute Gasteiger partial charge is 0.0835 e. The Morgan fingerprint density at radius 1 is 1.09 bits per heavy atom. The first-order valence-corrected chi connectivity index (χ1v) is 4.42. The Balaban J connectivity index is 3.25. The molecule has 0 N–H and O–H groups in total. The molecule has 0 atom stereocenters. The van der Waals surface area contributed by atoms with E-state index in [1.165, 1.54) is 12.8 Å². The van der Waals surface area contributed by atoms with Crippen LogP contribution in [0.15, 0.2) is 0 Å². The Bertz CT molecular complexity index is 184. The van der Waals surface area contributed by atoms with Gasteiger partial charge in [0.25, 0.3) is 0 Å². The lowest BCUT2D eigenvalue weighted by Gasteiger charge is -1.82. The predicted octanol–water partition coefficient (Wildman–Crippen LogP) is 2.81. The molecule has 0 bridgehead atoms. The Kier molecular flexibility index (Phi) is 8.91. The molecule has 0 nitrogen and oxygen atoms in total. The molecule has 0 aromatic heterocycles. The largest absolute Gasteiger partial charge is 0.113 e. The summed E-state index contributed by atoms with van der Waals surface area (Å²) in [4.78, 5) is 0. The molecule has 0 aliphatic carbocycles. The molecule has 0 aromatic rings. The molecule has 0 unspecified atom stereocenters. The van der Waals surface area contributed by atoms with Gasteiger partial charge in [-0.05, 0) is 6.42 Å². The molecule has 0 heterocycles. The lowest BCUT2D eigenvalue weighted by atomic mass is 10.2. The average Bonchev–Trinajstić information content (AvgIpc) is 2.03. The van der Waals surface area contributed by atoms with Crippen LogP contribution in [0.5, 0.6) is 0 Å². The average molecular weight is 169 g/mol. The van der Waals surface area contributed by atoms with Crippen molar-refractivity contribution >= 4 is 11.6 Å². The van der Waals surface area contributed by atoms with Crippen molar-refractivity contribution in [3.8, 4) is 23.7 Å². The molecule has 1 heteroatoms. The number of alkyl halides is 1. The Labute approximate surface area is 74.3 Å². The SMILES string of the molecule is CCCCC#CCC#CCCl. The Morgan fingerprint density at radius 2 is 1.82 bits per heavy atom. The van der Waals surface area contributed by atoms with E-state index in [-0.39, 0.29) is 0 Å². The van der Waals surface area contributed by atoms with Crippen molar-refractivity contribution in [2.24, 2.45) is 0 Å². The summed E-state index contributed by atoms with van der Waals surface area (Å²) in [7, 11) is 0. The highest BCUT2D eigenvalue weighted by molar-refractivity contribution is 6.19. The Morgan fingerprint density at radius 3 is 2.45 bits per heavy atom. The molecule has 0 saturated heterocycles. The molecule has 0 rings (SSSR count). The van der Waals surface area contributed by atoms with Crippen LogP contribution >= 0.6 is 11.6 Å². The quantitative estimate of drug-likeness (QED) is 0.338. The molecule has 11 heavy (non-hydrogen) atoms. The maximum Gasteiger partial charge on any atom is 0.0835 e.